The number of rotatable bonds is 4. The number of benzene rings is 2. The van der Waals surface area contributed by atoms with E-state index >= 15 is 0 Å². The third-order valence-electron chi connectivity index (χ3n) is 4.82. The van der Waals surface area contributed by atoms with Gasteiger partial charge in [0, 0.05) is 32.4 Å². The molecule has 0 N–H and O–H groups in total. The van der Waals surface area contributed by atoms with Crippen LogP contribution in [0.25, 0.3) is 0 Å². The highest BCUT2D eigenvalue weighted by Gasteiger charge is 2.34. The number of sulfone groups is 1. The second kappa shape index (κ2) is 8.66. The van der Waals surface area contributed by atoms with E-state index in [1.54, 1.807) is 4.90 Å². The van der Waals surface area contributed by atoms with Crippen LogP contribution >= 0.6 is 0 Å². The van der Waals surface area contributed by atoms with Gasteiger partial charge in [-0.1, -0.05) is 0 Å². The molecule has 0 radical (unpaired) electrons. The third kappa shape index (κ3) is 5.28. The van der Waals surface area contributed by atoms with Gasteiger partial charge in [-0.3, -0.25) is 4.79 Å². The molecule has 0 bridgehead atoms. The molecule has 0 atom stereocenters. The van der Waals surface area contributed by atoms with Crippen LogP contribution in [0.2, 0.25) is 0 Å². The highest BCUT2D eigenvalue weighted by molar-refractivity contribution is 7.90. The zero-order valence-electron chi connectivity index (χ0n) is 16.7. The first-order chi connectivity index (χ1) is 14.9. The second-order valence-corrected chi connectivity index (χ2v) is 9.05. The fraction of sp³-hybridized carbons (Fsp3) is 0.300. The molecule has 32 heavy (non-hydrogen) atoms. The smallest absolute Gasteiger partial charge is 0.405 e. The molecule has 2 aromatic carbocycles. The van der Waals surface area contributed by atoms with Gasteiger partial charge in [-0.15, -0.1) is 13.2 Å². The Balaban J connectivity index is 1.83. The Hall–Kier alpha value is -3.33. The molecule has 170 valence electrons. The van der Waals surface area contributed by atoms with Gasteiger partial charge in [0.15, 0.2) is 9.84 Å². The van der Waals surface area contributed by atoms with Crippen LogP contribution < -0.4 is 9.64 Å². The van der Waals surface area contributed by atoms with E-state index in [-0.39, 0.29) is 42.3 Å². The SMILES string of the molecule is CS(=O)(=O)c1ccc(OC(F)(F)F)c(C(=O)N2CCN(c3ccc(C#N)cc3F)CC2)c1. The van der Waals surface area contributed by atoms with Crippen molar-refractivity contribution in [1.29, 1.82) is 5.26 Å². The molecule has 0 saturated carbocycles. The van der Waals surface area contributed by atoms with Gasteiger partial charge in [-0.2, -0.15) is 5.26 Å². The predicted octanol–water partition coefficient (Wildman–Crippen LogP) is 2.96. The lowest BCUT2D eigenvalue weighted by Gasteiger charge is -2.36. The summed E-state index contributed by atoms with van der Waals surface area (Å²) in [6.45, 7) is 0.450. The van der Waals surface area contributed by atoms with Crippen molar-refractivity contribution in [2.45, 2.75) is 11.3 Å². The summed E-state index contributed by atoms with van der Waals surface area (Å²) in [7, 11) is -3.79. The molecule has 1 saturated heterocycles. The average molecular weight is 471 g/mol. The lowest BCUT2D eigenvalue weighted by molar-refractivity contribution is -0.274. The number of amides is 1. The highest BCUT2D eigenvalue weighted by atomic mass is 32.2. The number of carbonyl (C=O) groups excluding carboxylic acids is 1. The molecular formula is C20H17F4N3O4S. The summed E-state index contributed by atoms with van der Waals surface area (Å²) < 4.78 is 80.1. The summed E-state index contributed by atoms with van der Waals surface area (Å²) in [5.41, 5.74) is -0.150. The summed E-state index contributed by atoms with van der Waals surface area (Å²) in [5.74, 6) is -2.25. The summed E-state index contributed by atoms with van der Waals surface area (Å²) in [5, 5.41) is 8.84. The van der Waals surface area contributed by atoms with Crippen molar-refractivity contribution < 1.29 is 35.5 Å². The van der Waals surface area contributed by atoms with Crippen molar-refractivity contribution in [3.63, 3.8) is 0 Å². The molecule has 1 amide bonds. The van der Waals surface area contributed by atoms with Crippen molar-refractivity contribution in [2.24, 2.45) is 0 Å². The molecule has 1 heterocycles. The maximum atomic E-state index is 14.3. The van der Waals surface area contributed by atoms with E-state index in [2.05, 4.69) is 4.74 Å². The van der Waals surface area contributed by atoms with E-state index in [0.717, 1.165) is 30.5 Å². The molecule has 1 fully saturated rings. The molecule has 0 aromatic heterocycles. The largest absolute Gasteiger partial charge is 0.573 e. The number of alkyl halides is 3. The van der Waals surface area contributed by atoms with Gasteiger partial charge in [-0.05, 0) is 36.4 Å². The average Bonchev–Trinajstić information content (AvgIpc) is 2.71. The third-order valence-corrected chi connectivity index (χ3v) is 5.93. The number of hydrogen-bond donors (Lipinski definition) is 0. The fourth-order valence-corrected chi connectivity index (χ4v) is 3.92. The Labute approximate surface area is 181 Å². The van der Waals surface area contributed by atoms with Crippen LogP contribution in [0.5, 0.6) is 5.75 Å². The zero-order chi connectivity index (χ0) is 23.7. The van der Waals surface area contributed by atoms with Crippen LogP contribution in [-0.2, 0) is 9.84 Å². The van der Waals surface area contributed by atoms with Gasteiger partial charge in [0.1, 0.15) is 11.6 Å². The number of piperazine rings is 1. The van der Waals surface area contributed by atoms with E-state index in [0.29, 0.717) is 0 Å². The highest BCUT2D eigenvalue weighted by Crippen LogP contribution is 2.30. The molecule has 7 nitrogen and oxygen atoms in total. The van der Waals surface area contributed by atoms with Crippen LogP contribution in [0.3, 0.4) is 0 Å². The van der Waals surface area contributed by atoms with E-state index in [4.69, 9.17) is 5.26 Å². The predicted molar refractivity (Wildman–Crippen MR) is 105 cm³/mol. The minimum atomic E-state index is -5.08. The maximum Gasteiger partial charge on any atom is 0.573 e. The van der Waals surface area contributed by atoms with Crippen LogP contribution in [-0.4, -0.2) is 58.0 Å². The topological polar surface area (TPSA) is 90.7 Å². The Kier molecular flexibility index (Phi) is 6.32. The number of ether oxygens (including phenoxy) is 1. The molecule has 0 unspecified atom stereocenters. The van der Waals surface area contributed by atoms with Gasteiger partial charge in [-0.25, -0.2) is 12.8 Å². The maximum absolute atomic E-state index is 14.3. The fourth-order valence-electron chi connectivity index (χ4n) is 3.27. The minimum absolute atomic E-state index is 0.0484. The lowest BCUT2D eigenvalue weighted by Crippen LogP contribution is -2.49. The van der Waals surface area contributed by atoms with Crippen molar-refractivity contribution in [1.82, 2.24) is 4.90 Å². The number of halogens is 4. The first-order valence-electron chi connectivity index (χ1n) is 9.23. The Bertz CT molecular complexity index is 1180. The molecule has 0 spiro atoms. The van der Waals surface area contributed by atoms with Gasteiger partial charge < -0.3 is 14.5 Å². The Morgan fingerprint density at radius 1 is 1.09 bits per heavy atom. The zero-order valence-corrected chi connectivity index (χ0v) is 17.5. The molecule has 3 rings (SSSR count). The number of carbonyl (C=O) groups is 1. The summed E-state index contributed by atoms with van der Waals surface area (Å²) in [6.07, 6.45) is -4.21. The first kappa shape index (κ1) is 23.3. The quantitative estimate of drug-likeness (QED) is 0.637. The Morgan fingerprint density at radius 3 is 2.28 bits per heavy atom. The monoisotopic (exact) mass is 471 g/mol. The minimum Gasteiger partial charge on any atom is -0.405 e. The standard InChI is InChI=1S/C20H17F4N3O4S/c1-32(29,30)14-3-5-18(31-20(22,23)24)15(11-14)19(28)27-8-6-26(7-9-27)17-4-2-13(12-25)10-16(17)21/h2-5,10-11H,6-9H2,1H3. The van der Waals surface area contributed by atoms with E-state index < -0.39 is 39.2 Å². The molecule has 2 aromatic rings. The normalized spacial score (nSPS) is 14.8. The van der Waals surface area contributed by atoms with Gasteiger partial charge >= 0.3 is 6.36 Å². The van der Waals surface area contributed by atoms with Crippen LogP contribution in [0.1, 0.15) is 15.9 Å². The number of hydrogen-bond acceptors (Lipinski definition) is 6. The van der Waals surface area contributed by atoms with E-state index in [1.807, 2.05) is 6.07 Å². The first-order valence-corrected chi connectivity index (χ1v) is 11.1. The van der Waals surface area contributed by atoms with Gasteiger partial charge in [0.25, 0.3) is 5.91 Å². The van der Waals surface area contributed by atoms with Crippen LogP contribution in [0.15, 0.2) is 41.3 Å². The van der Waals surface area contributed by atoms with Crippen LogP contribution in [0.4, 0.5) is 23.2 Å². The van der Waals surface area contributed by atoms with Crippen LogP contribution in [0, 0.1) is 17.1 Å². The summed E-state index contributed by atoms with van der Waals surface area (Å²) in [6, 6.07) is 8.38. The molecule has 12 heteroatoms. The van der Waals surface area contributed by atoms with Crippen molar-refractivity contribution >= 4 is 21.4 Å². The van der Waals surface area contributed by atoms with E-state index in [9.17, 15) is 30.8 Å². The van der Waals surface area contributed by atoms with Crippen molar-refractivity contribution in [3.8, 4) is 11.8 Å². The number of nitrogens with zero attached hydrogens (tertiary/aromatic N) is 3. The lowest BCUT2D eigenvalue weighted by atomic mass is 10.1. The van der Waals surface area contributed by atoms with Gasteiger partial charge in [0.2, 0.25) is 0 Å². The summed E-state index contributed by atoms with van der Waals surface area (Å²) >= 11 is 0. The second-order valence-electron chi connectivity index (χ2n) is 7.04. The van der Waals surface area contributed by atoms with Crippen molar-refractivity contribution in [3.05, 3.63) is 53.3 Å². The molecular weight excluding hydrogens is 454 g/mol. The molecule has 0 aliphatic carbocycles. The molecule has 1 aliphatic rings. The molecule has 1 aliphatic heterocycles. The van der Waals surface area contributed by atoms with E-state index in [1.165, 1.54) is 17.0 Å². The van der Waals surface area contributed by atoms with Crippen molar-refractivity contribution in [2.75, 3.05) is 37.3 Å². The number of nitriles is 1. The van der Waals surface area contributed by atoms with Gasteiger partial charge in [0.05, 0.1) is 27.8 Å². The summed E-state index contributed by atoms with van der Waals surface area (Å²) in [4.78, 5) is 15.5. The Morgan fingerprint density at radius 2 is 1.75 bits per heavy atom. The number of anilines is 1.